The molecule has 1 N–H and O–H groups in total. The lowest BCUT2D eigenvalue weighted by Crippen LogP contribution is -2.25. The van der Waals surface area contributed by atoms with E-state index < -0.39 is 0 Å². The molecule has 1 atom stereocenters. The molecule has 1 aliphatic rings. The molecule has 2 rings (SSSR count). The van der Waals surface area contributed by atoms with Crippen molar-refractivity contribution in [3.05, 3.63) is 16.6 Å². The third-order valence-electron chi connectivity index (χ3n) is 3.04. The predicted octanol–water partition coefficient (Wildman–Crippen LogP) is 2.98. The molecule has 3 heteroatoms. The van der Waals surface area contributed by atoms with Crippen LogP contribution >= 0.6 is 11.3 Å². The number of thiazole rings is 1. The predicted molar refractivity (Wildman–Crippen MR) is 60.5 cm³/mol. The highest BCUT2D eigenvalue weighted by atomic mass is 32.1. The van der Waals surface area contributed by atoms with E-state index in [4.69, 9.17) is 0 Å². The molecular formula is C11H18N2S. The Morgan fingerprint density at radius 2 is 2.50 bits per heavy atom. The van der Waals surface area contributed by atoms with Gasteiger partial charge in [-0.15, -0.1) is 11.3 Å². The zero-order valence-corrected chi connectivity index (χ0v) is 9.52. The van der Waals surface area contributed by atoms with Gasteiger partial charge in [-0.2, -0.15) is 0 Å². The largest absolute Gasteiger partial charge is 0.309 e. The van der Waals surface area contributed by atoms with Gasteiger partial charge in [-0.25, -0.2) is 0 Å². The molecule has 1 aliphatic carbocycles. The fraction of sp³-hybridized carbons (Fsp3) is 0.727. The van der Waals surface area contributed by atoms with Crippen LogP contribution in [0.3, 0.4) is 0 Å². The molecule has 0 amide bonds. The zero-order chi connectivity index (χ0) is 9.80. The summed E-state index contributed by atoms with van der Waals surface area (Å²) in [6.45, 7) is 3.23. The van der Waals surface area contributed by atoms with Crippen molar-refractivity contribution in [1.29, 1.82) is 0 Å². The van der Waals surface area contributed by atoms with Crippen LogP contribution in [-0.2, 0) is 0 Å². The van der Waals surface area contributed by atoms with E-state index in [9.17, 15) is 0 Å². The smallest absolute Gasteiger partial charge is 0.0794 e. The minimum absolute atomic E-state index is 0.554. The number of nitrogens with one attached hydrogen (secondary N) is 1. The average Bonchev–Trinajstić information content (AvgIpc) is 2.61. The van der Waals surface area contributed by atoms with Crippen LogP contribution in [0.25, 0.3) is 0 Å². The van der Waals surface area contributed by atoms with Gasteiger partial charge in [0.1, 0.15) is 0 Å². The molecule has 1 aromatic rings. The van der Waals surface area contributed by atoms with E-state index in [1.165, 1.54) is 30.6 Å². The van der Waals surface area contributed by atoms with Crippen molar-refractivity contribution in [3.63, 3.8) is 0 Å². The van der Waals surface area contributed by atoms with Gasteiger partial charge < -0.3 is 5.32 Å². The quantitative estimate of drug-likeness (QED) is 0.808. The number of nitrogens with zero attached hydrogens (tertiary/aromatic N) is 1. The number of hydrogen-bond donors (Lipinski definition) is 1. The van der Waals surface area contributed by atoms with Crippen LogP contribution in [0.5, 0.6) is 0 Å². The Hall–Kier alpha value is -0.410. The highest BCUT2D eigenvalue weighted by Crippen LogP contribution is 2.35. The summed E-state index contributed by atoms with van der Waals surface area (Å²) in [5, 5.41) is 3.55. The second-order valence-electron chi connectivity index (χ2n) is 4.05. The molecule has 0 bridgehead atoms. The van der Waals surface area contributed by atoms with Crippen LogP contribution in [-0.4, -0.2) is 11.5 Å². The maximum absolute atomic E-state index is 4.15. The highest BCUT2D eigenvalue weighted by Gasteiger charge is 2.23. The van der Waals surface area contributed by atoms with Gasteiger partial charge in [-0.3, -0.25) is 4.98 Å². The molecule has 14 heavy (non-hydrogen) atoms. The first kappa shape index (κ1) is 10.1. The molecule has 1 heterocycles. The lowest BCUT2D eigenvalue weighted by atomic mass is 9.80. The van der Waals surface area contributed by atoms with Crippen LogP contribution < -0.4 is 5.32 Å². The molecule has 78 valence electrons. The maximum atomic E-state index is 4.15. The van der Waals surface area contributed by atoms with Crippen molar-refractivity contribution in [3.8, 4) is 0 Å². The fourth-order valence-electron chi connectivity index (χ4n) is 2.01. The van der Waals surface area contributed by atoms with E-state index in [1.54, 1.807) is 11.3 Å². The lowest BCUT2D eigenvalue weighted by Gasteiger charge is -2.29. The lowest BCUT2D eigenvalue weighted by molar-refractivity contribution is 0.263. The fourth-order valence-corrected chi connectivity index (χ4v) is 2.72. The molecule has 0 aliphatic heterocycles. The van der Waals surface area contributed by atoms with Crippen molar-refractivity contribution >= 4 is 11.3 Å². The van der Waals surface area contributed by atoms with Gasteiger partial charge in [-0.1, -0.05) is 26.2 Å². The van der Waals surface area contributed by atoms with Crippen molar-refractivity contribution < 1.29 is 0 Å². The van der Waals surface area contributed by atoms with Gasteiger partial charge in [-0.05, 0) is 18.9 Å². The molecular weight excluding hydrogens is 192 g/mol. The van der Waals surface area contributed by atoms with E-state index >= 15 is 0 Å². The molecule has 0 aromatic carbocycles. The van der Waals surface area contributed by atoms with Crippen LogP contribution in [0.1, 0.15) is 43.5 Å². The van der Waals surface area contributed by atoms with E-state index in [0.717, 1.165) is 12.5 Å². The summed E-state index contributed by atoms with van der Waals surface area (Å²) in [7, 11) is 0. The summed E-state index contributed by atoms with van der Waals surface area (Å²) in [4.78, 5) is 5.56. The number of hydrogen-bond acceptors (Lipinski definition) is 3. The summed E-state index contributed by atoms with van der Waals surface area (Å²) in [5.74, 6) is 0.959. The molecule has 0 radical (unpaired) electrons. The van der Waals surface area contributed by atoms with Gasteiger partial charge in [0.15, 0.2) is 0 Å². The Morgan fingerprint density at radius 3 is 3.00 bits per heavy atom. The highest BCUT2D eigenvalue weighted by molar-refractivity contribution is 7.09. The first-order chi connectivity index (χ1) is 6.90. The molecule has 1 saturated carbocycles. The summed E-state index contributed by atoms with van der Waals surface area (Å²) >= 11 is 1.77. The average molecular weight is 210 g/mol. The molecule has 1 aromatic heterocycles. The molecule has 0 spiro atoms. The minimum atomic E-state index is 0.554. The summed E-state index contributed by atoms with van der Waals surface area (Å²) in [5.41, 5.74) is 1.93. The second kappa shape index (κ2) is 4.89. The Morgan fingerprint density at radius 1 is 1.64 bits per heavy atom. The first-order valence-electron chi connectivity index (χ1n) is 5.52. The molecule has 1 fully saturated rings. The normalized spacial score (nSPS) is 19.2. The van der Waals surface area contributed by atoms with Crippen LogP contribution in [0.4, 0.5) is 0 Å². The third kappa shape index (κ3) is 2.34. The van der Waals surface area contributed by atoms with E-state index in [2.05, 4.69) is 17.2 Å². The molecule has 2 nitrogen and oxygen atoms in total. The van der Waals surface area contributed by atoms with Crippen LogP contribution in [0, 0.1) is 5.92 Å². The summed E-state index contributed by atoms with van der Waals surface area (Å²) < 4.78 is 0. The van der Waals surface area contributed by atoms with Crippen molar-refractivity contribution in [2.75, 3.05) is 6.54 Å². The van der Waals surface area contributed by atoms with Gasteiger partial charge in [0.05, 0.1) is 5.51 Å². The minimum Gasteiger partial charge on any atom is -0.309 e. The van der Waals surface area contributed by atoms with E-state index in [0.29, 0.717) is 6.04 Å². The number of rotatable bonds is 5. The Kier molecular flexibility index (Phi) is 3.54. The SMILES string of the molecule is CCNC(CC1CCC1)c1cncs1. The second-order valence-corrected chi connectivity index (χ2v) is 4.96. The van der Waals surface area contributed by atoms with Crippen molar-refractivity contribution in [2.45, 2.75) is 38.6 Å². The maximum Gasteiger partial charge on any atom is 0.0794 e. The van der Waals surface area contributed by atoms with Gasteiger partial charge in [0.25, 0.3) is 0 Å². The van der Waals surface area contributed by atoms with Gasteiger partial charge in [0, 0.05) is 17.1 Å². The van der Waals surface area contributed by atoms with Gasteiger partial charge in [0.2, 0.25) is 0 Å². The standard InChI is InChI=1S/C11H18N2S/c1-2-13-10(6-9-4-3-5-9)11-7-12-8-14-11/h7-10,13H,2-6H2,1H3. The molecule has 0 saturated heterocycles. The van der Waals surface area contributed by atoms with Gasteiger partial charge >= 0.3 is 0 Å². The van der Waals surface area contributed by atoms with Crippen molar-refractivity contribution in [2.24, 2.45) is 5.92 Å². The molecule has 1 unspecified atom stereocenters. The van der Waals surface area contributed by atoms with Crippen molar-refractivity contribution in [1.82, 2.24) is 10.3 Å². The Bertz CT molecular complexity index is 254. The monoisotopic (exact) mass is 210 g/mol. The first-order valence-corrected chi connectivity index (χ1v) is 6.40. The summed E-state index contributed by atoms with van der Waals surface area (Å²) in [6.07, 6.45) is 7.61. The third-order valence-corrected chi connectivity index (χ3v) is 3.93. The Labute approximate surface area is 89.8 Å². The van der Waals surface area contributed by atoms with E-state index in [-0.39, 0.29) is 0 Å². The van der Waals surface area contributed by atoms with E-state index in [1.807, 2.05) is 11.7 Å². The topological polar surface area (TPSA) is 24.9 Å². The summed E-state index contributed by atoms with van der Waals surface area (Å²) in [6, 6.07) is 0.554. The zero-order valence-electron chi connectivity index (χ0n) is 8.70. The van der Waals surface area contributed by atoms with Crippen LogP contribution in [0.2, 0.25) is 0 Å². The Balaban J connectivity index is 1.92. The van der Waals surface area contributed by atoms with Crippen LogP contribution in [0.15, 0.2) is 11.7 Å². The number of aromatic nitrogens is 1.